The Hall–Kier alpha value is -1.90. The third-order valence-corrected chi connectivity index (χ3v) is 15.4. The molecule has 5 heteroatoms. The zero-order chi connectivity index (χ0) is 27.5. The number of fused-ring (bicyclic) bond motifs is 1. The molecule has 0 fully saturated rings. The van der Waals surface area contributed by atoms with Gasteiger partial charge in [-0.05, 0) is 30.2 Å². The second-order valence-corrected chi connectivity index (χ2v) is 18.1. The van der Waals surface area contributed by atoms with Crippen molar-refractivity contribution in [3.8, 4) is 16.8 Å². The molecule has 0 saturated carbocycles. The van der Waals surface area contributed by atoms with Crippen molar-refractivity contribution in [2.45, 2.75) is 62.3 Å². The van der Waals surface area contributed by atoms with Gasteiger partial charge in [0.1, 0.15) is 0 Å². The summed E-state index contributed by atoms with van der Waals surface area (Å²) in [7, 11) is -1.12. The first-order valence-corrected chi connectivity index (χ1v) is 18.8. The maximum atomic E-state index is 2.51. The average molecular weight is 675 g/mol. The molecule has 3 atom stereocenters. The zero-order valence-electron chi connectivity index (χ0n) is 24.8. The molecular formula is C36H38Cl2NSiZr. The van der Waals surface area contributed by atoms with Gasteiger partial charge in [-0.1, -0.05) is 42.1 Å². The van der Waals surface area contributed by atoms with E-state index in [1.165, 1.54) is 51.1 Å². The van der Waals surface area contributed by atoms with E-state index in [4.69, 9.17) is 0 Å². The number of aromatic nitrogens is 1. The van der Waals surface area contributed by atoms with Crippen LogP contribution < -0.4 is 24.8 Å². The molecule has 2 aliphatic carbocycles. The van der Waals surface area contributed by atoms with Crippen LogP contribution in [-0.2, 0) is 24.7 Å². The van der Waals surface area contributed by atoms with Crippen molar-refractivity contribution in [2.75, 3.05) is 0 Å². The van der Waals surface area contributed by atoms with Crippen molar-refractivity contribution in [3.05, 3.63) is 124 Å². The molecule has 8 rings (SSSR count). The summed E-state index contributed by atoms with van der Waals surface area (Å²) in [6.45, 7) is 14.1. The number of hydrogen-bond acceptors (Lipinski definition) is 0. The first-order chi connectivity index (χ1) is 18.7. The summed E-state index contributed by atoms with van der Waals surface area (Å²) in [6.07, 6.45) is 8.27. The van der Waals surface area contributed by atoms with Gasteiger partial charge in [-0.3, -0.25) is 0 Å². The summed E-state index contributed by atoms with van der Waals surface area (Å²) in [4.78, 5) is 0. The minimum atomic E-state index is -1.12. The third-order valence-electron chi connectivity index (χ3n) is 9.37. The molecule has 4 aliphatic rings. The predicted molar refractivity (Wildman–Crippen MR) is 166 cm³/mol. The molecule has 3 unspecified atom stereocenters. The van der Waals surface area contributed by atoms with E-state index >= 15 is 0 Å². The van der Waals surface area contributed by atoms with Crippen molar-refractivity contribution >= 4 is 19.3 Å². The van der Waals surface area contributed by atoms with Crippen molar-refractivity contribution < 1.29 is 49.5 Å². The number of para-hydroxylation sites is 1. The van der Waals surface area contributed by atoms with Crippen LogP contribution in [0.1, 0.15) is 77.0 Å². The van der Waals surface area contributed by atoms with Crippen molar-refractivity contribution in [3.63, 3.8) is 0 Å². The maximum Gasteiger partial charge on any atom is -1.00 e. The van der Waals surface area contributed by atoms with Crippen LogP contribution in [-0.4, -0.2) is 12.6 Å². The number of rotatable bonds is 4. The van der Waals surface area contributed by atoms with Crippen LogP contribution in [0.4, 0.5) is 0 Å². The van der Waals surface area contributed by atoms with Crippen LogP contribution in [0, 0.1) is 0 Å². The molecule has 2 aliphatic heterocycles. The molecule has 209 valence electrons. The van der Waals surface area contributed by atoms with E-state index in [9.17, 15) is 0 Å². The fourth-order valence-corrected chi connectivity index (χ4v) is 12.3. The van der Waals surface area contributed by atoms with Gasteiger partial charge in [0.05, 0.1) is 8.07 Å². The molecule has 2 bridgehead atoms. The van der Waals surface area contributed by atoms with Gasteiger partial charge < -0.3 is 29.4 Å². The fraction of sp³-hybridized carbons (Fsp3) is 0.278. The smallest absolute Gasteiger partial charge is 1.00 e. The number of allylic oxidation sites excluding steroid dienone is 2. The van der Waals surface area contributed by atoms with Crippen LogP contribution in [0.25, 0.3) is 28.1 Å². The van der Waals surface area contributed by atoms with Crippen LogP contribution in [0.3, 0.4) is 0 Å². The largest absolute Gasteiger partial charge is 1.00 e. The number of benzene rings is 3. The molecule has 0 spiro atoms. The topological polar surface area (TPSA) is 4.93 Å². The Labute approximate surface area is 274 Å². The van der Waals surface area contributed by atoms with E-state index in [0.717, 1.165) is 5.54 Å². The van der Waals surface area contributed by atoms with E-state index in [1.54, 1.807) is 41.1 Å². The van der Waals surface area contributed by atoms with Gasteiger partial charge in [0.2, 0.25) is 0 Å². The molecular weight excluding hydrogens is 637 g/mol. The normalized spacial score (nSPS) is 19.5. The number of nitrogens with zero attached hydrogens (tertiary/aromatic N) is 1. The van der Waals surface area contributed by atoms with E-state index in [1.807, 2.05) is 0 Å². The van der Waals surface area contributed by atoms with E-state index in [2.05, 4.69) is 137 Å². The molecule has 4 aromatic rings. The molecule has 0 saturated heterocycles. The maximum absolute atomic E-state index is 2.51. The van der Waals surface area contributed by atoms with Crippen LogP contribution in [0.5, 0.6) is 0 Å². The van der Waals surface area contributed by atoms with Crippen LogP contribution in [0.2, 0.25) is 13.1 Å². The monoisotopic (exact) mass is 672 g/mol. The predicted octanol–water partition coefficient (Wildman–Crippen LogP) is 4.03. The van der Waals surface area contributed by atoms with Gasteiger partial charge in [-0.2, -0.15) is 0 Å². The second-order valence-electron chi connectivity index (χ2n) is 12.1. The van der Waals surface area contributed by atoms with Gasteiger partial charge in [-0.15, -0.1) is 0 Å². The van der Waals surface area contributed by atoms with Gasteiger partial charge >= 0.3 is 143 Å². The van der Waals surface area contributed by atoms with Crippen molar-refractivity contribution in [2.24, 2.45) is 0 Å². The summed E-state index contributed by atoms with van der Waals surface area (Å²) >= 11 is 1.59. The Kier molecular flexibility index (Phi) is 9.66. The average Bonchev–Trinajstić information content (AvgIpc) is 3.63. The molecule has 3 heterocycles. The van der Waals surface area contributed by atoms with Crippen molar-refractivity contribution in [1.82, 2.24) is 4.57 Å². The molecule has 0 N–H and O–H groups in total. The fourth-order valence-electron chi connectivity index (χ4n) is 7.13. The van der Waals surface area contributed by atoms with E-state index in [-0.39, 0.29) is 24.8 Å². The van der Waals surface area contributed by atoms with E-state index < -0.39 is 8.07 Å². The third kappa shape index (κ3) is 5.38. The Morgan fingerprint density at radius 3 is 2.12 bits per heavy atom. The minimum absolute atomic E-state index is 0. The van der Waals surface area contributed by atoms with Gasteiger partial charge in [0, 0.05) is 23.6 Å². The Morgan fingerprint density at radius 1 is 0.829 bits per heavy atom. The Balaban J connectivity index is 0.000000182. The summed E-state index contributed by atoms with van der Waals surface area (Å²) in [6, 6.07) is 26.5. The summed E-state index contributed by atoms with van der Waals surface area (Å²) in [5.41, 5.74) is 15.4. The van der Waals surface area contributed by atoms with Crippen molar-refractivity contribution in [1.29, 1.82) is 0 Å². The van der Waals surface area contributed by atoms with Gasteiger partial charge in [0.15, 0.2) is 0 Å². The molecule has 41 heavy (non-hydrogen) atoms. The minimum Gasteiger partial charge on any atom is -1.00 e. The Morgan fingerprint density at radius 2 is 1.51 bits per heavy atom. The van der Waals surface area contributed by atoms with Gasteiger partial charge in [-0.25, -0.2) is 0 Å². The molecule has 3 aromatic carbocycles. The summed E-state index contributed by atoms with van der Waals surface area (Å²) in [5, 5.41) is 1.72. The molecule has 0 radical (unpaired) electrons. The summed E-state index contributed by atoms with van der Waals surface area (Å²) < 4.78 is 2.93. The second kappa shape index (κ2) is 12.4. The Bertz CT molecular complexity index is 1620. The standard InChI is InChI=1S/C20H21.C16H17NSi.2ClH.Zr/c1-4-15(3)16-8-10-17(11-9-16)19-7-5-6-18-12-14(2)13-20(18)19;1-11-15-13-9-17(12-7-5-4-6-8-12)10-14(13)16(11)18(15,2)3;;;/h5-13,15H,4H2,1-3H3;4-10,15H,1-3H3;2*1H;/q;;;;+2/p-2. The first kappa shape index (κ1) is 32.0. The number of hydrogen-bond donors (Lipinski definition) is 0. The number of halogens is 2. The molecule has 1 aromatic heterocycles. The van der Waals surface area contributed by atoms with E-state index in [0.29, 0.717) is 9.54 Å². The first-order valence-electron chi connectivity index (χ1n) is 14.3. The van der Waals surface area contributed by atoms with Crippen LogP contribution in [0.15, 0.2) is 96.3 Å². The molecule has 0 amide bonds. The quantitative estimate of drug-likeness (QED) is 0.289. The summed E-state index contributed by atoms with van der Waals surface area (Å²) in [5.74, 6) is 0.645. The zero-order valence-corrected chi connectivity index (χ0v) is 29.8. The molecule has 1 nitrogen and oxygen atoms in total. The SMILES string of the molecule is CC1=C2c3cn(-c4ccccc4)cc3C1[Si]2(C)C.CCC(C)c1ccc(-c2cccc3c2C=C(C)[CH]3[Zr+2])cc1.[Cl-].[Cl-]. The van der Waals surface area contributed by atoms with Crippen LogP contribution >= 0.6 is 0 Å². The van der Waals surface area contributed by atoms with Gasteiger partial charge in [0.25, 0.3) is 0 Å².